The zero-order valence-corrected chi connectivity index (χ0v) is 6.00. The van der Waals surface area contributed by atoms with Crippen LogP contribution in [-0.2, 0) is 6.32 Å². The van der Waals surface area contributed by atoms with Gasteiger partial charge < -0.3 is 0 Å². The van der Waals surface area contributed by atoms with E-state index >= 15 is 0 Å². The predicted octanol–water partition coefficient (Wildman–Crippen LogP) is 1.24. The first-order chi connectivity index (χ1) is 5.16. The Hall–Kier alpha value is -0.925. The Kier molecular flexibility index (Phi) is 2.22. The Labute approximate surface area is 63.4 Å². The lowest BCUT2D eigenvalue weighted by Gasteiger charge is -2.00. The quantitative estimate of drug-likeness (QED) is 0.426. The van der Waals surface area contributed by atoms with E-state index in [1.165, 1.54) is 0 Å². The molecule has 0 N–H and O–H groups in total. The summed E-state index contributed by atoms with van der Waals surface area (Å²) in [7, 11) is 1.57. The summed E-state index contributed by atoms with van der Waals surface area (Å²) < 4.78 is 37.7. The van der Waals surface area contributed by atoms with Crippen molar-refractivity contribution in [2.24, 2.45) is 0 Å². The molecule has 11 heavy (non-hydrogen) atoms. The van der Waals surface area contributed by atoms with Gasteiger partial charge in [0, 0.05) is 5.56 Å². The van der Waals surface area contributed by atoms with E-state index in [0.29, 0.717) is 0 Å². The molecule has 1 aromatic rings. The van der Waals surface area contributed by atoms with Gasteiger partial charge in [0.15, 0.2) is 11.6 Å². The second-order valence-corrected chi connectivity index (χ2v) is 2.18. The van der Waals surface area contributed by atoms with Gasteiger partial charge in [-0.25, -0.2) is 13.2 Å². The number of hydrogen-bond acceptors (Lipinski definition) is 0. The molecule has 0 atom stereocenters. The highest BCUT2D eigenvalue weighted by atomic mass is 19.2. The van der Waals surface area contributed by atoms with Crippen molar-refractivity contribution in [3.63, 3.8) is 0 Å². The molecule has 0 nitrogen and oxygen atoms in total. The molecule has 0 aromatic heterocycles. The zero-order valence-electron chi connectivity index (χ0n) is 6.00. The third-order valence-corrected chi connectivity index (χ3v) is 1.49. The van der Waals surface area contributed by atoms with Crippen LogP contribution in [-0.4, -0.2) is 7.85 Å². The zero-order chi connectivity index (χ0) is 8.43. The second kappa shape index (κ2) is 2.99. The maximum Gasteiger partial charge on any atom is 0.164 e. The van der Waals surface area contributed by atoms with E-state index in [1.54, 1.807) is 7.85 Å². The molecular formula is C7H6BF3. The Bertz CT molecular complexity index is 273. The van der Waals surface area contributed by atoms with Crippen LogP contribution >= 0.6 is 0 Å². The minimum Gasteiger partial charge on any atom is -0.207 e. The summed E-state index contributed by atoms with van der Waals surface area (Å²) in [4.78, 5) is 0. The number of rotatable bonds is 1. The highest BCUT2D eigenvalue weighted by Crippen LogP contribution is 2.14. The molecule has 0 heterocycles. The summed E-state index contributed by atoms with van der Waals surface area (Å²) in [5.74, 6) is -2.76. The van der Waals surface area contributed by atoms with Gasteiger partial charge >= 0.3 is 0 Å². The summed E-state index contributed by atoms with van der Waals surface area (Å²) in [5.41, 5.74) is -0.190. The molecule has 58 valence electrons. The van der Waals surface area contributed by atoms with Crippen molar-refractivity contribution in [1.82, 2.24) is 0 Å². The summed E-state index contributed by atoms with van der Waals surface area (Å²) in [6.45, 7) is 0. The van der Waals surface area contributed by atoms with E-state index in [0.717, 1.165) is 12.1 Å². The first-order valence-electron chi connectivity index (χ1n) is 3.29. The molecule has 0 saturated carbocycles. The van der Waals surface area contributed by atoms with Gasteiger partial charge in [0.1, 0.15) is 13.7 Å². The van der Waals surface area contributed by atoms with Gasteiger partial charge in [-0.2, -0.15) is 0 Å². The van der Waals surface area contributed by atoms with Crippen molar-refractivity contribution in [2.75, 3.05) is 0 Å². The van der Waals surface area contributed by atoms with Gasteiger partial charge in [-0.1, -0.05) is 6.32 Å². The van der Waals surface area contributed by atoms with E-state index in [-0.39, 0.29) is 11.9 Å². The molecule has 0 unspecified atom stereocenters. The van der Waals surface area contributed by atoms with Crippen LogP contribution in [0.2, 0.25) is 0 Å². The normalized spacial score (nSPS) is 10.1. The molecule has 4 heteroatoms. The number of hydrogen-bond donors (Lipinski definition) is 0. The summed E-state index contributed by atoms with van der Waals surface area (Å²) in [5, 5.41) is 0. The molecule has 0 amide bonds. The van der Waals surface area contributed by atoms with Gasteiger partial charge in [0.25, 0.3) is 0 Å². The lowest BCUT2D eigenvalue weighted by Crippen LogP contribution is -1.98. The molecule has 0 saturated heterocycles. The lowest BCUT2D eigenvalue weighted by molar-refractivity contribution is 0.485. The van der Waals surface area contributed by atoms with Crippen LogP contribution in [0, 0.1) is 17.5 Å². The Morgan fingerprint density at radius 1 is 1.09 bits per heavy atom. The van der Waals surface area contributed by atoms with Crippen molar-refractivity contribution < 1.29 is 13.2 Å². The fourth-order valence-corrected chi connectivity index (χ4v) is 0.893. The van der Waals surface area contributed by atoms with E-state index in [2.05, 4.69) is 0 Å². The monoisotopic (exact) mass is 158 g/mol. The van der Waals surface area contributed by atoms with Crippen LogP contribution in [0.3, 0.4) is 0 Å². The predicted molar refractivity (Wildman–Crippen MR) is 38.6 cm³/mol. The molecule has 0 aliphatic carbocycles. The molecular weight excluding hydrogens is 152 g/mol. The average molecular weight is 158 g/mol. The lowest BCUT2D eigenvalue weighted by atomic mass is 9.96. The second-order valence-electron chi connectivity index (χ2n) is 2.18. The van der Waals surface area contributed by atoms with Crippen LogP contribution in [0.5, 0.6) is 0 Å². The van der Waals surface area contributed by atoms with Gasteiger partial charge in [-0.15, -0.1) is 0 Å². The van der Waals surface area contributed by atoms with Crippen LogP contribution in [0.25, 0.3) is 0 Å². The highest BCUT2D eigenvalue weighted by Gasteiger charge is 2.10. The Morgan fingerprint density at radius 3 is 2.09 bits per heavy atom. The van der Waals surface area contributed by atoms with Crippen LogP contribution in [0.4, 0.5) is 13.2 Å². The molecule has 0 aliphatic rings. The van der Waals surface area contributed by atoms with Crippen molar-refractivity contribution in [3.05, 3.63) is 35.1 Å². The van der Waals surface area contributed by atoms with Gasteiger partial charge in [0.05, 0.1) is 0 Å². The van der Waals surface area contributed by atoms with E-state index < -0.39 is 17.5 Å². The van der Waals surface area contributed by atoms with Gasteiger partial charge in [-0.05, 0) is 12.1 Å². The summed E-state index contributed by atoms with van der Waals surface area (Å²) in [6, 6.07) is 1.71. The maximum absolute atomic E-state index is 12.6. The number of benzene rings is 1. The minimum absolute atomic E-state index is 0.162. The molecule has 1 rings (SSSR count). The molecule has 0 fully saturated rings. The highest BCUT2D eigenvalue weighted by molar-refractivity contribution is 6.08. The van der Waals surface area contributed by atoms with E-state index in [9.17, 15) is 13.2 Å². The van der Waals surface area contributed by atoms with E-state index in [4.69, 9.17) is 0 Å². The third kappa shape index (κ3) is 1.39. The standard InChI is InChI=1S/C7H6BF3/c8-3-4-5(9)1-2-6(10)7(4)11/h1-2H,3,8H2. The maximum atomic E-state index is 12.6. The van der Waals surface area contributed by atoms with Crippen molar-refractivity contribution in [2.45, 2.75) is 6.32 Å². The van der Waals surface area contributed by atoms with Crippen LogP contribution in [0.15, 0.2) is 12.1 Å². The first kappa shape index (κ1) is 8.17. The molecule has 1 aromatic carbocycles. The van der Waals surface area contributed by atoms with Gasteiger partial charge in [0.2, 0.25) is 0 Å². The molecule has 0 aliphatic heterocycles. The van der Waals surface area contributed by atoms with Gasteiger partial charge in [-0.3, -0.25) is 0 Å². The largest absolute Gasteiger partial charge is 0.207 e. The fraction of sp³-hybridized carbons (Fsp3) is 0.143. The molecule has 0 bridgehead atoms. The number of halogens is 3. The molecule has 0 spiro atoms. The van der Waals surface area contributed by atoms with Crippen LogP contribution in [0.1, 0.15) is 5.56 Å². The Morgan fingerprint density at radius 2 is 1.64 bits per heavy atom. The Balaban J connectivity index is 3.29. The summed E-state index contributed by atoms with van der Waals surface area (Å²) in [6.07, 6.45) is 0.162. The average Bonchev–Trinajstić information content (AvgIpc) is 1.99. The summed E-state index contributed by atoms with van der Waals surface area (Å²) >= 11 is 0. The fourth-order valence-electron chi connectivity index (χ4n) is 0.893. The van der Waals surface area contributed by atoms with E-state index in [1.807, 2.05) is 0 Å². The minimum atomic E-state index is -1.08. The molecule has 0 radical (unpaired) electrons. The smallest absolute Gasteiger partial charge is 0.164 e. The van der Waals surface area contributed by atoms with Crippen LogP contribution < -0.4 is 0 Å². The third-order valence-electron chi connectivity index (χ3n) is 1.49. The van der Waals surface area contributed by atoms with Crippen molar-refractivity contribution in [3.8, 4) is 0 Å². The first-order valence-corrected chi connectivity index (χ1v) is 3.29. The topological polar surface area (TPSA) is 0 Å². The van der Waals surface area contributed by atoms with Crippen molar-refractivity contribution >= 4 is 7.85 Å². The SMILES string of the molecule is BCc1c(F)ccc(F)c1F. The van der Waals surface area contributed by atoms with Crippen molar-refractivity contribution in [1.29, 1.82) is 0 Å².